The van der Waals surface area contributed by atoms with Crippen molar-refractivity contribution in [1.29, 1.82) is 0 Å². The highest BCUT2D eigenvalue weighted by molar-refractivity contribution is 5.73. The van der Waals surface area contributed by atoms with Gasteiger partial charge in [0.05, 0.1) is 20.3 Å². The quantitative estimate of drug-likeness (QED) is 0.553. The average Bonchev–Trinajstić information content (AvgIpc) is 3.43. The summed E-state index contributed by atoms with van der Waals surface area (Å²) >= 11 is 0. The first kappa shape index (κ1) is 22.2. The summed E-state index contributed by atoms with van der Waals surface area (Å²) in [4.78, 5) is 8.90. The number of ether oxygens (including phenoxy) is 2. The molecule has 11 heteroatoms. The molecule has 2 aromatic heterocycles. The number of carbonyl (C=O) groups is 1. The van der Waals surface area contributed by atoms with E-state index >= 15 is 0 Å². The van der Waals surface area contributed by atoms with Gasteiger partial charge in [0.2, 0.25) is 0 Å². The normalized spacial score (nSPS) is 15.3. The number of nitrogens with zero attached hydrogens (tertiary/aromatic N) is 1. The van der Waals surface area contributed by atoms with Crippen LogP contribution < -0.4 is 14.8 Å². The minimum absolute atomic E-state index is 0.236. The molecule has 0 spiro atoms. The molecule has 1 aliphatic rings. The Bertz CT molecular complexity index is 1000. The number of benzene rings is 1. The van der Waals surface area contributed by atoms with E-state index in [4.69, 9.17) is 23.8 Å². The molecule has 0 aliphatic carbocycles. The summed E-state index contributed by atoms with van der Waals surface area (Å²) < 4.78 is 48.6. The van der Waals surface area contributed by atoms with Crippen LogP contribution in [-0.2, 0) is 11.3 Å². The van der Waals surface area contributed by atoms with Crippen LogP contribution >= 0.6 is 0 Å². The van der Waals surface area contributed by atoms with Crippen molar-refractivity contribution < 1.29 is 37.0 Å². The lowest BCUT2D eigenvalue weighted by Crippen LogP contribution is -2.26. The number of aromatic amines is 1. The molecule has 1 atom stereocenters. The van der Waals surface area contributed by atoms with Gasteiger partial charge in [-0.3, -0.25) is 5.10 Å². The predicted molar refractivity (Wildman–Crippen MR) is 103 cm³/mol. The molecule has 166 valence electrons. The molecule has 0 bridgehead atoms. The molecule has 1 unspecified atom stereocenters. The van der Waals surface area contributed by atoms with Gasteiger partial charge in [0.15, 0.2) is 5.76 Å². The second-order valence-corrected chi connectivity index (χ2v) is 6.51. The number of halogens is 3. The number of fused-ring (bicyclic) bond motifs is 1. The molecule has 0 fully saturated rings. The van der Waals surface area contributed by atoms with Crippen molar-refractivity contribution >= 4 is 5.97 Å². The number of H-pyrrole nitrogens is 1. The first-order valence-electron chi connectivity index (χ1n) is 9.20. The molecule has 3 aromatic rings. The van der Waals surface area contributed by atoms with Gasteiger partial charge in [0.1, 0.15) is 23.0 Å². The molecule has 31 heavy (non-hydrogen) atoms. The lowest BCUT2D eigenvalue weighted by atomic mass is 10.0. The van der Waals surface area contributed by atoms with Crippen molar-refractivity contribution in [3.05, 3.63) is 53.9 Å². The standard InChI is InChI=1S/C18H19N3O3.C2HF3O2/c1-22-12-2-4-14-15(7-9-23-18(14)10-12)19-11-13-3-5-17(24-13)16-6-8-20-21-16;3-2(4,5)1(6)7/h2-6,8,10,15,19H,7,9,11H2,1H3,(H,20,21);(H,6,7). The first-order chi connectivity index (χ1) is 14.8. The van der Waals surface area contributed by atoms with Crippen LogP contribution in [0.2, 0.25) is 0 Å². The largest absolute Gasteiger partial charge is 0.497 e. The zero-order valence-electron chi connectivity index (χ0n) is 16.4. The minimum atomic E-state index is -5.08. The molecular formula is C20H20F3N3O5. The first-order valence-corrected chi connectivity index (χ1v) is 9.20. The maximum atomic E-state index is 10.6. The van der Waals surface area contributed by atoms with Gasteiger partial charge < -0.3 is 24.3 Å². The van der Waals surface area contributed by atoms with E-state index in [1.807, 2.05) is 30.3 Å². The SMILES string of the molecule is COc1ccc2c(c1)OCCC2NCc1ccc(-c2ccn[nH]2)o1.O=C(O)C(F)(F)F. The number of furan rings is 1. The third-order valence-corrected chi connectivity index (χ3v) is 4.45. The second kappa shape index (κ2) is 9.56. The van der Waals surface area contributed by atoms with Gasteiger partial charge in [0, 0.05) is 30.3 Å². The fraction of sp³-hybridized carbons (Fsp3) is 0.300. The van der Waals surface area contributed by atoms with Crippen LogP contribution in [0.15, 0.2) is 47.0 Å². The van der Waals surface area contributed by atoms with E-state index in [2.05, 4.69) is 21.6 Å². The monoisotopic (exact) mass is 439 g/mol. The van der Waals surface area contributed by atoms with E-state index in [1.165, 1.54) is 0 Å². The van der Waals surface area contributed by atoms with E-state index < -0.39 is 12.1 Å². The van der Waals surface area contributed by atoms with Gasteiger partial charge in [-0.05, 0) is 24.3 Å². The van der Waals surface area contributed by atoms with Crippen molar-refractivity contribution in [3.8, 4) is 23.0 Å². The number of methoxy groups -OCH3 is 1. The highest BCUT2D eigenvalue weighted by Crippen LogP contribution is 2.35. The zero-order chi connectivity index (χ0) is 22.4. The molecule has 1 aliphatic heterocycles. The van der Waals surface area contributed by atoms with E-state index in [9.17, 15) is 13.2 Å². The molecule has 0 saturated carbocycles. The summed E-state index contributed by atoms with van der Waals surface area (Å²) in [6.07, 6.45) is -2.45. The van der Waals surface area contributed by atoms with E-state index in [-0.39, 0.29) is 6.04 Å². The van der Waals surface area contributed by atoms with Gasteiger partial charge >= 0.3 is 12.1 Å². The van der Waals surface area contributed by atoms with Crippen LogP contribution in [0.4, 0.5) is 13.2 Å². The smallest absolute Gasteiger partial charge is 0.490 e. The Morgan fingerprint density at radius 1 is 1.32 bits per heavy atom. The third-order valence-electron chi connectivity index (χ3n) is 4.45. The summed E-state index contributed by atoms with van der Waals surface area (Å²) in [5.74, 6) is 0.621. The number of hydrogen-bond donors (Lipinski definition) is 3. The van der Waals surface area contributed by atoms with Crippen LogP contribution in [0.25, 0.3) is 11.5 Å². The van der Waals surface area contributed by atoms with Gasteiger partial charge in [0.25, 0.3) is 0 Å². The molecule has 4 rings (SSSR count). The van der Waals surface area contributed by atoms with Crippen molar-refractivity contribution in [2.24, 2.45) is 0 Å². The van der Waals surface area contributed by atoms with Gasteiger partial charge in [-0.25, -0.2) is 4.79 Å². The van der Waals surface area contributed by atoms with Crippen molar-refractivity contribution in [3.63, 3.8) is 0 Å². The maximum absolute atomic E-state index is 10.6. The predicted octanol–water partition coefficient (Wildman–Crippen LogP) is 3.93. The van der Waals surface area contributed by atoms with E-state index in [0.29, 0.717) is 13.2 Å². The highest BCUT2D eigenvalue weighted by atomic mass is 19.4. The molecule has 1 aromatic carbocycles. The van der Waals surface area contributed by atoms with Gasteiger partial charge in [-0.15, -0.1) is 0 Å². The number of nitrogens with one attached hydrogen (secondary N) is 2. The third kappa shape index (κ3) is 5.79. The Balaban J connectivity index is 0.000000339. The summed E-state index contributed by atoms with van der Waals surface area (Å²) in [5.41, 5.74) is 2.03. The number of aromatic nitrogens is 2. The molecule has 3 N–H and O–H groups in total. The lowest BCUT2D eigenvalue weighted by Gasteiger charge is -2.27. The highest BCUT2D eigenvalue weighted by Gasteiger charge is 2.38. The number of rotatable bonds is 5. The molecule has 8 nitrogen and oxygen atoms in total. The van der Waals surface area contributed by atoms with Crippen LogP contribution in [0.5, 0.6) is 11.5 Å². The van der Waals surface area contributed by atoms with Crippen LogP contribution in [-0.4, -0.2) is 41.2 Å². The van der Waals surface area contributed by atoms with Crippen LogP contribution in [0.3, 0.4) is 0 Å². The minimum Gasteiger partial charge on any atom is -0.497 e. The summed E-state index contributed by atoms with van der Waals surface area (Å²) in [6, 6.07) is 12.0. The summed E-state index contributed by atoms with van der Waals surface area (Å²) in [6.45, 7) is 1.35. The zero-order valence-corrected chi connectivity index (χ0v) is 16.4. The molecule has 0 saturated heterocycles. The maximum Gasteiger partial charge on any atom is 0.490 e. The number of carboxylic acids is 1. The Labute approximate surface area is 175 Å². The number of carboxylic acid groups (broad SMARTS) is 1. The van der Waals surface area contributed by atoms with Crippen LogP contribution in [0.1, 0.15) is 23.8 Å². The number of aliphatic carboxylic acids is 1. The fourth-order valence-corrected chi connectivity index (χ4v) is 2.94. The fourth-order valence-electron chi connectivity index (χ4n) is 2.94. The van der Waals surface area contributed by atoms with Crippen molar-refractivity contribution in [1.82, 2.24) is 15.5 Å². The Hall–Kier alpha value is -3.47. The molecule has 0 radical (unpaired) electrons. The van der Waals surface area contributed by atoms with Gasteiger partial charge in [-0.1, -0.05) is 6.07 Å². The Morgan fingerprint density at radius 3 is 2.74 bits per heavy atom. The number of hydrogen-bond acceptors (Lipinski definition) is 6. The average molecular weight is 439 g/mol. The van der Waals surface area contributed by atoms with Crippen molar-refractivity contribution in [2.75, 3.05) is 13.7 Å². The summed E-state index contributed by atoms with van der Waals surface area (Å²) in [5, 5.41) is 17.5. The molecule has 3 heterocycles. The lowest BCUT2D eigenvalue weighted by molar-refractivity contribution is -0.192. The van der Waals surface area contributed by atoms with E-state index in [1.54, 1.807) is 13.3 Å². The number of alkyl halides is 3. The topological polar surface area (TPSA) is 110 Å². The second-order valence-electron chi connectivity index (χ2n) is 6.51. The Morgan fingerprint density at radius 2 is 2.10 bits per heavy atom. The molecule has 0 amide bonds. The van der Waals surface area contributed by atoms with Crippen LogP contribution in [0, 0.1) is 0 Å². The Kier molecular flexibility index (Phi) is 6.85. The molecular weight excluding hydrogens is 419 g/mol. The summed E-state index contributed by atoms with van der Waals surface area (Å²) in [7, 11) is 1.66. The van der Waals surface area contributed by atoms with Crippen molar-refractivity contribution in [2.45, 2.75) is 25.2 Å². The van der Waals surface area contributed by atoms with Gasteiger partial charge in [-0.2, -0.15) is 18.3 Å². The van der Waals surface area contributed by atoms with E-state index in [0.717, 1.165) is 40.7 Å².